The largest absolute Gasteiger partial charge is 0.493 e. The van der Waals surface area contributed by atoms with E-state index in [0.717, 1.165) is 49.4 Å². The minimum absolute atomic E-state index is 0.0976. The fourth-order valence-corrected chi connectivity index (χ4v) is 8.19. The zero-order valence-electron chi connectivity index (χ0n) is 28.6. The number of carbonyl (C=O) groups is 1. The number of rotatable bonds is 8. The second-order valence-corrected chi connectivity index (χ2v) is 14.4. The number of imidazole rings is 1. The first kappa shape index (κ1) is 34.3. The predicted molar refractivity (Wildman–Crippen MR) is 192 cm³/mol. The molecule has 0 radical (unpaired) electrons. The number of nitriles is 1. The number of likely N-dealkylation sites (tertiary alicyclic amines) is 1. The van der Waals surface area contributed by atoms with Crippen molar-refractivity contribution in [3.63, 3.8) is 0 Å². The number of benzene rings is 3. The molecule has 4 aromatic rings. The van der Waals surface area contributed by atoms with Gasteiger partial charge in [0.2, 0.25) is 5.82 Å². The van der Waals surface area contributed by atoms with Crippen LogP contribution in [0.5, 0.6) is 11.5 Å². The van der Waals surface area contributed by atoms with Crippen molar-refractivity contribution in [2.75, 3.05) is 39.1 Å². The molecule has 1 aliphatic carbocycles. The Bertz CT molecular complexity index is 2040. The Morgan fingerprint density at radius 3 is 2.68 bits per heavy atom. The van der Waals surface area contributed by atoms with Crippen molar-refractivity contribution in [1.29, 1.82) is 5.26 Å². The smallest absolute Gasteiger partial charge is 0.291 e. The monoisotopic (exact) mass is 716 g/mol. The summed E-state index contributed by atoms with van der Waals surface area (Å²) in [6.07, 6.45) is 2.46. The maximum atomic E-state index is 16.1. The van der Waals surface area contributed by atoms with Crippen LogP contribution < -0.4 is 14.8 Å². The van der Waals surface area contributed by atoms with Gasteiger partial charge in [-0.2, -0.15) is 9.65 Å². The maximum absolute atomic E-state index is 16.1. The lowest BCUT2D eigenvalue weighted by Gasteiger charge is -2.22. The van der Waals surface area contributed by atoms with Gasteiger partial charge >= 0.3 is 0 Å². The van der Waals surface area contributed by atoms with Crippen LogP contribution in [0.1, 0.15) is 70.1 Å². The predicted octanol–water partition coefficient (Wildman–Crippen LogP) is 7.56. The fourth-order valence-electron chi connectivity index (χ4n) is 7.65. The highest BCUT2D eigenvalue weighted by atomic mass is 35.5. The highest BCUT2D eigenvalue weighted by Gasteiger charge is 2.33. The molecule has 3 aromatic carbocycles. The molecule has 1 fully saturated rings. The quantitative estimate of drug-likeness (QED) is 0.201. The van der Waals surface area contributed by atoms with Gasteiger partial charge in [0.25, 0.3) is 5.91 Å². The lowest BCUT2D eigenvalue weighted by atomic mass is 9.92. The number of anilines is 1. The lowest BCUT2D eigenvalue weighted by Crippen LogP contribution is -2.27. The highest BCUT2D eigenvalue weighted by Crippen LogP contribution is 2.46. The van der Waals surface area contributed by atoms with Crippen LogP contribution in [-0.4, -0.2) is 59.0 Å². The maximum Gasteiger partial charge on any atom is 0.291 e. The topological polar surface area (TPSA) is 95.7 Å². The molecular weight excluding hydrogens is 678 g/mol. The number of amides is 1. The van der Waals surface area contributed by atoms with Gasteiger partial charge in [0.15, 0.2) is 17.3 Å². The van der Waals surface area contributed by atoms with Crippen LogP contribution in [0.15, 0.2) is 36.4 Å². The number of halogens is 3. The van der Waals surface area contributed by atoms with Gasteiger partial charge in [-0.05, 0) is 56.5 Å². The summed E-state index contributed by atoms with van der Waals surface area (Å²) in [5.41, 5.74) is 6.14. The molecule has 2 aliphatic heterocycles. The van der Waals surface area contributed by atoms with E-state index in [0.29, 0.717) is 71.2 Å². The van der Waals surface area contributed by atoms with Crippen molar-refractivity contribution >= 4 is 34.8 Å². The molecule has 50 heavy (non-hydrogen) atoms. The summed E-state index contributed by atoms with van der Waals surface area (Å²) in [5, 5.41) is 13.9. The molecule has 1 N–H and O–H groups in total. The Labute approximate surface area is 301 Å². The van der Waals surface area contributed by atoms with Crippen LogP contribution in [0, 0.1) is 23.1 Å². The molecule has 12 heteroatoms. The number of hydrogen-bond donors (Lipinski definition) is 1. The van der Waals surface area contributed by atoms with Crippen LogP contribution in [0.2, 0.25) is 10.0 Å². The normalized spacial score (nSPS) is 18.8. The number of aromatic nitrogens is 2. The van der Waals surface area contributed by atoms with Crippen molar-refractivity contribution in [3.8, 4) is 28.7 Å². The number of hydrogen-bond acceptors (Lipinski definition) is 7. The van der Waals surface area contributed by atoms with Gasteiger partial charge in [-0.15, -0.1) is 0 Å². The molecule has 1 saturated heterocycles. The first-order valence-corrected chi connectivity index (χ1v) is 17.7. The van der Waals surface area contributed by atoms with E-state index in [1.165, 1.54) is 7.11 Å². The SMILES string of the molecule is COc1c(CN2CCC(C)C2)cc(Cl)c(OC2CCc3ccc(-c4cccc(NC(=O)c5nc6c(n5C)CCN(C)C6)c4Cl)c(C#N)c32)c1F. The minimum Gasteiger partial charge on any atom is -0.493 e. The molecule has 3 heterocycles. The van der Waals surface area contributed by atoms with Crippen molar-refractivity contribution in [1.82, 2.24) is 19.4 Å². The van der Waals surface area contributed by atoms with E-state index >= 15 is 4.39 Å². The zero-order valence-corrected chi connectivity index (χ0v) is 30.1. The number of nitrogens with zero attached hydrogens (tertiary/aromatic N) is 5. The number of carbonyl (C=O) groups excluding carboxylic acids is 1. The zero-order chi connectivity index (χ0) is 35.3. The Morgan fingerprint density at radius 2 is 1.94 bits per heavy atom. The van der Waals surface area contributed by atoms with E-state index in [2.05, 4.69) is 33.1 Å². The standard InChI is InChI=1S/C38H39Cl2FN6O3/c1-21-12-15-47(18-21)19-23-16-27(39)36(34(41)35(23)49-4)50-31-11-9-22-8-10-24(26(17-42)32(22)31)25-6-5-7-28(33(25)40)44-38(48)37-43-29-20-45(2)14-13-30(29)46(37)3/h5-8,10,16,21,31H,9,11-15,18-20H2,1-4H3,(H,44,48). The average Bonchev–Trinajstić information content (AvgIpc) is 3.79. The molecule has 1 amide bonds. The third-order valence-electron chi connectivity index (χ3n) is 10.2. The van der Waals surface area contributed by atoms with Crippen molar-refractivity contribution in [3.05, 3.63) is 91.7 Å². The van der Waals surface area contributed by atoms with E-state index in [1.807, 2.05) is 36.9 Å². The number of nitrogens with one attached hydrogen (secondary N) is 1. The number of methoxy groups -OCH3 is 1. The third kappa shape index (κ3) is 6.21. The molecule has 7 rings (SSSR count). The number of aryl methyl sites for hydroxylation is 1. The van der Waals surface area contributed by atoms with Crippen LogP contribution in [0.4, 0.5) is 10.1 Å². The van der Waals surface area contributed by atoms with Gasteiger partial charge < -0.3 is 24.3 Å². The molecule has 9 nitrogen and oxygen atoms in total. The molecular formula is C38H39Cl2FN6O3. The molecule has 0 saturated carbocycles. The fraction of sp³-hybridized carbons (Fsp3) is 0.395. The van der Waals surface area contributed by atoms with Crippen LogP contribution >= 0.6 is 23.2 Å². The van der Waals surface area contributed by atoms with Crippen molar-refractivity contribution in [2.24, 2.45) is 13.0 Å². The van der Waals surface area contributed by atoms with Crippen LogP contribution in [0.25, 0.3) is 11.1 Å². The van der Waals surface area contributed by atoms with E-state index < -0.39 is 11.9 Å². The molecule has 260 valence electrons. The molecule has 0 spiro atoms. The second kappa shape index (κ2) is 13.9. The Morgan fingerprint density at radius 1 is 1.12 bits per heavy atom. The first-order valence-electron chi connectivity index (χ1n) is 16.9. The average molecular weight is 718 g/mol. The summed E-state index contributed by atoms with van der Waals surface area (Å²) in [6, 6.07) is 13.2. The Balaban J connectivity index is 1.18. The Kier molecular flexibility index (Phi) is 9.52. The van der Waals surface area contributed by atoms with E-state index in [4.69, 9.17) is 32.7 Å². The molecule has 1 aromatic heterocycles. The van der Waals surface area contributed by atoms with E-state index in [9.17, 15) is 10.1 Å². The number of ether oxygens (including phenoxy) is 2. The summed E-state index contributed by atoms with van der Waals surface area (Å²) in [4.78, 5) is 22.5. The minimum atomic E-state index is -0.655. The van der Waals surface area contributed by atoms with Crippen LogP contribution in [-0.2, 0) is 33.0 Å². The number of likely N-dealkylation sites (N-methyl/N-ethyl adjacent to an activating group) is 1. The van der Waals surface area contributed by atoms with Gasteiger partial charge in [-0.25, -0.2) is 4.98 Å². The summed E-state index contributed by atoms with van der Waals surface area (Å²) < 4.78 is 29.8. The third-order valence-corrected chi connectivity index (χ3v) is 10.9. The van der Waals surface area contributed by atoms with Crippen LogP contribution in [0.3, 0.4) is 0 Å². The van der Waals surface area contributed by atoms with Gasteiger partial charge in [-0.1, -0.05) is 54.4 Å². The van der Waals surface area contributed by atoms with Gasteiger partial charge in [0.05, 0.1) is 34.1 Å². The molecule has 0 bridgehead atoms. The molecule has 2 unspecified atom stereocenters. The van der Waals surface area contributed by atoms with E-state index in [1.54, 1.807) is 18.2 Å². The summed E-state index contributed by atoms with van der Waals surface area (Å²) in [6.45, 7) is 6.18. The van der Waals surface area contributed by atoms with Gasteiger partial charge in [-0.3, -0.25) is 9.69 Å². The summed E-state index contributed by atoms with van der Waals surface area (Å²) in [5.74, 6) is -0.122. The second-order valence-electron chi connectivity index (χ2n) is 13.6. The molecule has 2 atom stereocenters. The Hall–Kier alpha value is -4.14. The van der Waals surface area contributed by atoms with Gasteiger partial charge in [0, 0.05) is 67.6 Å². The van der Waals surface area contributed by atoms with Crippen molar-refractivity contribution < 1.29 is 18.7 Å². The molecule has 3 aliphatic rings. The first-order chi connectivity index (χ1) is 24.1. The summed E-state index contributed by atoms with van der Waals surface area (Å²) in [7, 11) is 5.33. The van der Waals surface area contributed by atoms with Crippen molar-refractivity contribution in [2.45, 2.75) is 51.8 Å². The van der Waals surface area contributed by atoms with E-state index in [-0.39, 0.29) is 27.5 Å². The number of fused-ring (bicyclic) bond motifs is 2. The lowest BCUT2D eigenvalue weighted by molar-refractivity contribution is 0.101. The summed E-state index contributed by atoms with van der Waals surface area (Å²) >= 11 is 13.7. The van der Waals surface area contributed by atoms with Gasteiger partial charge in [0.1, 0.15) is 12.2 Å². The highest BCUT2D eigenvalue weighted by molar-refractivity contribution is 6.36.